The molecule has 3 aromatic rings. The summed E-state index contributed by atoms with van der Waals surface area (Å²) in [6, 6.07) is 16.0. The molecular formula is C31H29F3N2O3. The molecule has 39 heavy (non-hydrogen) atoms. The van der Waals surface area contributed by atoms with Crippen LogP contribution in [0, 0.1) is 0 Å². The molecule has 0 saturated heterocycles. The van der Waals surface area contributed by atoms with Crippen molar-refractivity contribution >= 4 is 11.7 Å². The molecule has 1 N–H and O–H groups in total. The van der Waals surface area contributed by atoms with Crippen LogP contribution >= 0.6 is 0 Å². The second kappa shape index (κ2) is 10.1. The molecule has 0 amide bonds. The van der Waals surface area contributed by atoms with Crippen molar-refractivity contribution in [3.05, 3.63) is 100 Å². The summed E-state index contributed by atoms with van der Waals surface area (Å²) in [5.74, 6) is -0.586. The molecule has 0 bridgehead atoms. The van der Waals surface area contributed by atoms with Crippen LogP contribution in [0.15, 0.2) is 72.1 Å². The average molecular weight is 535 g/mol. The quantitative estimate of drug-likeness (QED) is 0.342. The number of carboxylic acid groups (broad SMARTS) is 1. The van der Waals surface area contributed by atoms with Crippen molar-refractivity contribution in [2.24, 2.45) is 0 Å². The fourth-order valence-electron chi connectivity index (χ4n) is 6.45. The largest absolute Gasteiger partial charge is 0.489 e. The lowest BCUT2D eigenvalue weighted by molar-refractivity contribution is -0.138. The second-order valence-corrected chi connectivity index (χ2v) is 10.6. The number of hydrogen-bond donors (Lipinski definition) is 1. The smallest absolute Gasteiger partial charge is 0.416 e. The molecule has 1 atom stereocenters. The van der Waals surface area contributed by atoms with Crippen LogP contribution in [0.1, 0.15) is 78.3 Å². The van der Waals surface area contributed by atoms with Gasteiger partial charge in [-0.15, -0.1) is 0 Å². The highest BCUT2D eigenvalue weighted by atomic mass is 19.4. The number of aromatic nitrogens is 1. The molecule has 1 unspecified atom stereocenters. The molecule has 1 aromatic heterocycles. The van der Waals surface area contributed by atoms with E-state index in [2.05, 4.69) is 9.88 Å². The van der Waals surface area contributed by atoms with Gasteiger partial charge in [0.2, 0.25) is 0 Å². The van der Waals surface area contributed by atoms with E-state index in [4.69, 9.17) is 4.74 Å². The number of aliphatic carboxylic acids is 1. The molecule has 2 aromatic carbocycles. The number of benzene rings is 2. The topological polar surface area (TPSA) is 62.7 Å². The zero-order valence-corrected chi connectivity index (χ0v) is 21.4. The third-order valence-corrected chi connectivity index (χ3v) is 8.14. The summed E-state index contributed by atoms with van der Waals surface area (Å²) in [5.41, 5.74) is 4.90. The maximum atomic E-state index is 13.9. The van der Waals surface area contributed by atoms with Crippen molar-refractivity contribution in [2.75, 3.05) is 11.4 Å². The summed E-state index contributed by atoms with van der Waals surface area (Å²) < 4.78 is 47.8. The Morgan fingerprint density at radius 2 is 1.87 bits per heavy atom. The third kappa shape index (κ3) is 4.88. The van der Waals surface area contributed by atoms with Gasteiger partial charge in [0, 0.05) is 24.1 Å². The lowest BCUT2D eigenvalue weighted by Gasteiger charge is -2.19. The summed E-state index contributed by atoms with van der Waals surface area (Å²) in [6.45, 7) is 0.708. The molecule has 202 valence electrons. The Bertz CT molecular complexity index is 1430. The minimum absolute atomic E-state index is 0.0116. The van der Waals surface area contributed by atoms with Gasteiger partial charge in [-0.3, -0.25) is 9.78 Å². The van der Waals surface area contributed by atoms with Gasteiger partial charge in [0.25, 0.3) is 0 Å². The number of anilines is 1. The molecule has 1 saturated carbocycles. The van der Waals surface area contributed by atoms with Gasteiger partial charge >= 0.3 is 12.1 Å². The summed E-state index contributed by atoms with van der Waals surface area (Å²) >= 11 is 0. The lowest BCUT2D eigenvalue weighted by atomic mass is 9.91. The Kier molecular flexibility index (Phi) is 6.57. The van der Waals surface area contributed by atoms with E-state index < -0.39 is 17.7 Å². The molecule has 3 heterocycles. The van der Waals surface area contributed by atoms with Gasteiger partial charge in [-0.1, -0.05) is 31.0 Å². The molecule has 0 spiro atoms. The predicted octanol–water partition coefficient (Wildman–Crippen LogP) is 7.42. The van der Waals surface area contributed by atoms with E-state index in [1.807, 2.05) is 36.4 Å². The van der Waals surface area contributed by atoms with Gasteiger partial charge in [-0.05, 0) is 83.8 Å². The van der Waals surface area contributed by atoms with Gasteiger partial charge in [-0.2, -0.15) is 13.2 Å². The number of fused-ring (bicyclic) bond motifs is 3. The molecule has 6 rings (SSSR count). The standard InChI is InChI=1S/C31H29F3N2O3/c32-31(33,34)25-15-19(8-10-23(25)20-5-1-2-6-20)18-39-22-9-11-27-24(17-22)29(26-7-3-4-13-35-26)30-21(16-28(37)38)12-14-36(27)30/h3-4,7-11,13,15,17,20,29H,1-2,5-6,12,14,16,18H2,(H,37,38). The van der Waals surface area contributed by atoms with Crippen molar-refractivity contribution in [2.45, 2.75) is 63.1 Å². The number of pyridine rings is 1. The number of carbonyl (C=O) groups is 1. The van der Waals surface area contributed by atoms with Crippen molar-refractivity contribution < 1.29 is 27.8 Å². The van der Waals surface area contributed by atoms with E-state index in [1.54, 1.807) is 18.3 Å². The molecule has 2 aliphatic heterocycles. The summed E-state index contributed by atoms with van der Waals surface area (Å²) in [7, 11) is 0. The molecule has 1 fully saturated rings. The first kappa shape index (κ1) is 25.5. The Hall–Kier alpha value is -3.81. The number of halogens is 3. The van der Waals surface area contributed by atoms with E-state index in [0.29, 0.717) is 29.8 Å². The van der Waals surface area contributed by atoms with Gasteiger partial charge in [0.05, 0.1) is 23.6 Å². The normalized spacial score (nSPS) is 18.9. The minimum Gasteiger partial charge on any atom is -0.489 e. The van der Waals surface area contributed by atoms with Gasteiger partial charge in [0.15, 0.2) is 0 Å². The summed E-state index contributed by atoms with van der Waals surface area (Å²) in [4.78, 5) is 18.3. The molecule has 1 aliphatic carbocycles. The second-order valence-electron chi connectivity index (χ2n) is 10.6. The molecule has 3 aliphatic rings. The molecule has 0 radical (unpaired) electrons. The minimum atomic E-state index is -4.41. The van der Waals surface area contributed by atoms with E-state index in [0.717, 1.165) is 53.9 Å². The first-order chi connectivity index (χ1) is 18.8. The first-order valence-electron chi connectivity index (χ1n) is 13.4. The van der Waals surface area contributed by atoms with Crippen molar-refractivity contribution in [1.82, 2.24) is 4.98 Å². The maximum Gasteiger partial charge on any atom is 0.416 e. The Labute approximate surface area is 224 Å². The van der Waals surface area contributed by atoms with Crippen LogP contribution < -0.4 is 9.64 Å². The van der Waals surface area contributed by atoms with Crippen LogP contribution in [0.2, 0.25) is 0 Å². The van der Waals surface area contributed by atoms with E-state index >= 15 is 0 Å². The highest BCUT2D eigenvalue weighted by molar-refractivity contribution is 5.77. The van der Waals surface area contributed by atoms with Crippen LogP contribution in [0.3, 0.4) is 0 Å². The number of rotatable bonds is 7. The zero-order chi connectivity index (χ0) is 27.1. The Balaban J connectivity index is 1.30. The summed E-state index contributed by atoms with van der Waals surface area (Å²) in [6.07, 6.45) is 1.50. The van der Waals surface area contributed by atoms with Crippen LogP contribution in [0.4, 0.5) is 18.9 Å². The van der Waals surface area contributed by atoms with E-state index in [1.165, 1.54) is 6.07 Å². The van der Waals surface area contributed by atoms with Crippen LogP contribution in [-0.4, -0.2) is 22.6 Å². The van der Waals surface area contributed by atoms with Crippen molar-refractivity contribution in [3.63, 3.8) is 0 Å². The number of hydrogen-bond acceptors (Lipinski definition) is 4. The van der Waals surface area contributed by atoms with Crippen LogP contribution in [0.5, 0.6) is 5.75 Å². The Morgan fingerprint density at radius 1 is 1.05 bits per heavy atom. The number of allylic oxidation sites excluding steroid dienone is 1. The monoisotopic (exact) mass is 534 g/mol. The van der Waals surface area contributed by atoms with Gasteiger partial charge in [-0.25, -0.2) is 0 Å². The van der Waals surface area contributed by atoms with E-state index in [-0.39, 0.29) is 24.9 Å². The van der Waals surface area contributed by atoms with E-state index in [9.17, 15) is 23.1 Å². The maximum absolute atomic E-state index is 13.9. The molecular weight excluding hydrogens is 505 g/mol. The number of ether oxygens (including phenoxy) is 1. The fraction of sp³-hybridized carbons (Fsp3) is 0.355. The number of alkyl halides is 3. The number of carboxylic acids is 1. The SMILES string of the molecule is O=C(O)CC1=C2C(c3ccccn3)c3cc(OCc4ccc(C5CCCC5)c(C(F)(F)F)c4)ccc3N2CC1. The highest BCUT2D eigenvalue weighted by Crippen LogP contribution is 2.52. The van der Waals surface area contributed by atoms with Crippen LogP contribution in [0.25, 0.3) is 0 Å². The average Bonchev–Trinajstić information content (AvgIpc) is 3.65. The Morgan fingerprint density at radius 3 is 2.59 bits per heavy atom. The zero-order valence-electron chi connectivity index (χ0n) is 21.4. The highest BCUT2D eigenvalue weighted by Gasteiger charge is 2.41. The lowest BCUT2D eigenvalue weighted by Crippen LogP contribution is -2.16. The third-order valence-electron chi connectivity index (χ3n) is 8.14. The number of nitrogens with zero attached hydrogens (tertiary/aromatic N) is 2. The predicted molar refractivity (Wildman–Crippen MR) is 141 cm³/mol. The summed E-state index contributed by atoms with van der Waals surface area (Å²) in [5, 5.41) is 9.48. The van der Waals surface area contributed by atoms with Gasteiger partial charge in [0.1, 0.15) is 12.4 Å². The molecule has 8 heteroatoms. The molecule has 5 nitrogen and oxygen atoms in total. The van der Waals surface area contributed by atoms with Crippen LogP contribution in [-0.2, 0) is 17.6 Å². The van der Waals surface area contributed by atoms with Crippen molar-refractivity contribution in [3.8, 4) is 5.75 Å². The van der Waals surface area contributed by atoms with Gasteiger partial charge < -0.3 is 14.7 Å². The fourth-order valence-corrected chi connectivity index (χ4v) is 6.45. The van der Waals surface area contributed by atoms with Crippen molar-refractivity contribution in [1.29, 1.82) is 0 Å². The first-order valence-corrected chi connectivity index (χ1v) is 13.4.